The summed E-state index contributed by atoms with van der Waals surface area (Å²) in [7, 11) is -3.80. The number of aryl methyl sites for hydroxylation is 1. The molecule has 0 aliphatic heterocycles. The van der Waals surface area contributed by atoms with Gasteiger partial charge in [0.05, 0.1) is 4.90 Å². The highest BCUT2D eigenvalue weighted by Crippen LogP contribution is 2.17. The van der Waals surface area contributed by atoms with Crippen LogP contribution in [0.15, 0.2) is 53.4 Å². The minimum Gasteiger partial charge on any atom is -0.491 e. The van der Waals surface area contributed by atoms with E-state index in [4.69, 9.17) is 13.7 Å². The molecule has 2 rings (SSSR count). The van der Waals surface area contributed by atoms with E-state index in [1.165, 1.54) is 12.1 Å². The van der Waals surface area contributed by atoms with Gasteiger partial charge in [-0.3, -0.25) is 8.98 Å². The fourth-order valence-electron chi connectivity index (χ4n) is 2.41. The van der Waals surface area contributed by atoms with Crippen molar-refractivity contribution in [2.24, 2.45) is 0 Å². The highest BCUT2D eigenvalue weighted by Gasteiger charge is 2.14. The van der Waals surface area contributed by atoms with Crippen LogP contribution in [0.5, 0.6) is 5.75 Å². The van der Waals surface area contributed by atoms with E-state index >= 15 is 0 Å². The zero-order valence-electron chi connectivity index (χ0n) is 16.7. The summed E-state index contributed by atoms with van der Waals surface area (Å²) < 4.78 is 39.9. The molecule has 2 aromatic rings. The molecule has 1 N–H and O–H groups in total. The number of amides is 1. The van der Waals surface area contributed by atoms with Gasteiger partial charge in [-0.1, -0.05) is 17.7 Å². The number of anilines is 1. The monoisotopic (exact) mass is 421 g/mol. The fourth-order valence-corrected chi connectivity index (χ4v) is 3.31. The molecule has 7 nitrogen and oxygen atoms in total. The van der Waals surface area contributed by atoms with Crippen LogP contribution in [-0.2, 0) is 23.8 Å². The molecule has 8 heteroatoms. The molecule has 0 saturated carbocycles. The Hall–Kier alpha value is -2.42. The van der Waals surface area contributed by atoms with Crippen LogP contribution in [0.2, 0.25) is 0 Å². The van der Waals surface area contributed by atoms with Crippen molar-refractivity contribution in [1.29, 1.82) is 0 Å². The van der Waals surface area contributed by atoms with Gasteiger partial charge in [-0.2, -0.15) is 8.42 Å². The first-order chi connectivity index (χ1) is 13.9. The zero-order valence-corrected chi connectivity index (χ0v) is 17.5. The van der Waals surface area contributed by atoms with E-state index in [0.717, 1.165) is 5.56 Å². The Bertz CT molecular complexity index is 863. The van der Waals surface area contributed by atoms with Crippen molar-refractivity contribution < 1.29 is 26.9 Å². The maximum atomic E-state index is 12.1. The van der Waals surface area contributed by atoms with E-state index in [0.29, 0.717) is 37.5 Å². The first-order valence-electron chi connectivity index (χ1n) is 9.47. The van der Waals surface area contributed by atoms with Gasteiger partial charge in [0.2, 0.25) is 5.91 Å². The average Bonchev–Trinajstić information content (AvgIpc) is 2.70. The van der Waals surface area contributed by atoms with Gasteiger partial charge in [0.25, 0.3) is 10.1 Å². The highest BCUT2D eigenvalue weighted by atomic mass is 32.2. The van der Waals surface area contributed by atoms with Crippen molar-refractivity contribution in [3.8, 4) is 5.75 Å². The molecule has 29 heavy (non-hydrogen) atoms. The smallest absolute Gasteiger partial charge is 0.297 e. The first kappa shape index (κ1) is 22.9. The average molecular weight is 422 g/mol. The van der Waals surface area contributed by atoms with Gasteiger partial charge >= 0.3 is 0 Å². The van der Waals surface area contributed by atoms with Crippen molar-refractivity contribution in [1.82, 2.24) is 0 Å². The summed E-state index contributed by atoms with van der Waals surface area (Å²) in [6.07, 6.45) is 1.07. The minimum absolute atomic E-state index is 0.0758. The van der Waals surface area contributed by atoms with Gasteiger partial charge in [0.1, 0.15) is 19.0 Å². The molecule has 0 aliphatic rings. The topological polar surface area (TPSA) is 90.9 Å². The second kappa shape index (κ2) is 11.5. The number of hydrogen-bond acceptors (Lipinski definition) is 6. The van der Waals surface area contributed by atoms with Crippen molar-refractivity contribution in [3.63, 3.8) is 0 Å². The molecular weight excluding hydrogens is 394 g/mol. The van der Waals surface area contributed by atoms with E-state index in [9.17, 15) is 13.2 Å². The predicted octanol–water partition coefficient (Wildman–Crippen LogP) is 3.53. The van der Waals surface area contributed by atoms with E-state index in [-0.39, 0.29) is 24.0 Å². The first-order valence-corrected chi connectivity index (χ1v) is 10.9. The number of benzene rings is 2. The number of carbonyl (C=O) groups is 1. The van der Waals surface area contributed by atoms with Crippen molar-refractivity contribution >= 4 is 21.7 Å². The van der Waals surface area contributed by atoms with Crippen LogP contribution in [0.25, 0.3) is 0 Å². The van der Waals surface area contributed by atoms with Crippen molar-refractivity contribution in [2.45, 2.75) is 31.6 Å². The van der Waals surface area contributed by atoms with Gasteiger partial charge in [-0.15, -0.1) is 0 Å². The Morgan fingerprint density at radius 3 is 2.31 bits per heavy atom. The summed E-state index contributed by atoms with van der Waals surface area (Å²) in [6.45, 7) is 4.98. The van der Waals surface area contributed by atoms with Gasteiger partial charge in [-0.25, -0.2) is 0 Å². The molecule has 0 unspecified atom stereocenters. The van der Waals surface area contributed by atoms with Gasteiger partial charge in [0, 0.05) is 25.3 Å². The molecule has 0 saturated heterocycles. The molecule has 158 valence electrons. The molecule has 0 radical (unpaired) electrons. The molecule has 0 aliphatic carbocycles. The predicted molar refractivity (Wildman–Crippen MR) is 111 cm³/mol. The molecule has 2 aromatic carbocycles. The minimum atomic E-state index is -3.80. The van der Waals surface area contributed by atoms with Crippen LogP contribution in [0.4, 0.5) is 5.69 Å². The lowest BCUT2D eigenvalue weighted by molar-refractivity contribution is -0.116. The lowest BCUT2D eigenvalue weighted by atomic mass is 10.2. The van der Waals surface area contributed by atoms with Crippen LogP contribution in [0.1, 0.15) is 25.3 Å². The lowest BCUT2D eigenvalue weighted by Crippen LogP contribution is -2.13. The normalized spacial score (nSPS) is 11.2. The number of rotatable bonds is 12. The molecule has 0 aromatic heterocycles. The number of nitrogens with one attached hydrogen (secondary N) is 1. The van der Waals surface area contributed by atoms with Crippen molar-refractivity contribution in [3.05, 3.63) is 54.1 Å². The highest BCUT2D eigenvalue weighted by molar-refractivity contribution is 7.86. The Morgan fingerprint density at radius 1 is 0.966 bits per heavy atom. The molecule has 0 bridgehead atoms. The summed E-state index contributed by atoms with van der Waals surface area (Å²) in [5.41, 5.74) is 1.63. The van der Waals surface area contributed by atoms with Gasteiger partial charge in [-0.05, 0) is 56.7 Å². The third kappa shape index (κ3) is 8.23. The second-order valence-corrected chi connectivity index (χ2v) is 7.93. The van der Waals surface area contributed by atoms with Crippen LogP contribution in [0, 0.1) is 6.92 Å². The molecule has 0 fully saturated rings. The molecule has 0 atom stereocenters. The van der Waals surface area contributed by atoms with E-state index in [2.05, 4.69) is 5.32 Å². The maximum absolute atomic E-state index is 12.1. The molecular formula is C21H27NO6S. The zero-order chi connectivity index (χ0) is 21.1. The van der Waals surface area contributed by atoms with Gasteiger partial charge in [0.15, 0.2) is 0 Å². The van der Waals surface area contributed by atoms with E-state index < -0.39 is 10.1 Å². The third-order valence-electron chi connectivity index (χ3n) is 3.93. The SMILES string of the molecule is CCOCCCC(=O)Nc1ccc(OCCOS(=O)(=O)c2ccc(C)cc2)cc1. The summed E-state index contributed by atoms with van der Waals surface area (Å²) in [5, 5.41) is 2.80. The Kier molecular flexibility index (Phi) is 9.11. The number of ether oxygens (including phenoxy) is 2. The summed E-state index contributed by atoms with van der Waals surface area (Å²) >= 11 is 0. The number of carbonyl (C=O) groups excluding carboxylic acids is 1. The Balaban J connectivity index is 1.72. The lowest BCUT2D eigenvalue weighted by Gasteiger charge is -2.09. The van der Waals surface area contributed by atoms with Gasteiger partial charge < -0.3 is 14.8 Å². The maximum Gasteiger partial charge on any atom is 0.297 e. The van der Waals surface area contributed by atoms with Crippen LogP contribution >= 0.6 is 0 Å². The van der Waals surface area contributed by atoms with Crippen molar-refractivity contribution in [2.75, 3.05) is 31.7 Å². The largest absolute Gasteiger partial charge is 0.491 e. The molecule has 0 spiro atoms. The Labute approximate surface area is 172 Å². The quantitative estimate of drug-likeness (QED) is 0.416. The standard InChI is InChI=1S/C21H27NO6S/c1-3-26-14-4-5-21(23)22-18-8-10-19(11-9-18)27-15-16-28-29(24,25)20-12-6-17(2)7-13-20/h6-13H,3-5,14-16H2,1-2H3,(H,22,23). The third-order valence-corrected chi connectivity index (χ3v) is 5.26. The fraction of sp³-hybridized carbons (Fsp3) is 0.381. The van der Waals surface area contributed by atoms with E-state index in [1.807, 2.05) is 13.8 Å². The van der Waals surface area contributed by atoms with Crippen LogP contribution < -0.4 is 10.1 Å². The Morgan fingerprint density at radius 2 is 1.66 bits per heavy atom. The molecule has 1 amide bonds. The second-order valence-electron chi connectivity index (χ2n) is 6.31. The van der Waals surface area contributed by atoms with Crippen LogP contribution in [-0.4, -0.2) is 40.8 Å². The summed E-state index contributed by atoms with van der Waals surface area (Å²) in [4.78, 5) is 11.9. The summed E-state index contributed by atoms with van der Waals surface area (Å²) in [5.74, 6) is 0.476. The number of hydrogen-bond donors (Lipinski definition) is 1. The van der Waals surface area contributed by atoms with E-state index in [1.54, 1.807) is 36.4 Å². The summed E-state index contributed by atoms with van der Waals surface area (Å²) in [6, 6.07) is 13.3. The van der Waals surface area contributed by atoms with Crippen LogP contribution in [0.3, 0.4) is 0 Å². The molecule has 0 heterocycles.